The van der Waals surface area contributed by atoms with Gasteiger partial charge in [0.1, 0.15) is 18.3 Å². The molecule has 78 valence electrons. The molecule has 0 aliphatic carbocycles. The number of aliphatic hydroxyl groups is 4. The Morgan fingerprint density at radius 2 is 2.15 bits per heavy atom. The third-order valence-corrected chi connectivity index (χ3v) is 2.14. The molecule has 0 amide bonds. The summed E-state index contributed by atoms with van der Waals surface area (Å²) in [6.07, 6.45) is -4.72. The fourth-order valence-electron chi connectivity index (χ4n) is 1.44. The maximum atomic E-state index is 9.77. The Morgan fingerprint density at radius 3 is 2.54 bits per heavy atom. The summed E-state index contributed by atoms with van der Waals surface area (Å²) in [7, 11) is 0. The second kappa shape index (κ2) is 3.89. The molecule has 0 saturated carbocycles. The van der Waals surface area contributed by atoms with Gasteiger partial charge >= 0.3 is 0 Å². The van der Waals surface area contributed by atoms with Crippen LogP contribution < -0.4 is 0 Å². The van der Waals surface area contributed by atoms with Crippen molar-refractivity contribution in [2.45, 2.75) is 43.8 Å². The summed E-state index contributed by atoms with van der Waals surface area (Å²) in [4.78, 5) is 0. The summed E-state index contributed by atoms with van der Waals surface area (Å²) in [5, 5.41) is 37.4. The minimum Gasteiger partial charge on any atom is -0.394 e. The van der Waals surface area contributed by atoms with E-state index in [1.165, 1.54) is 0 Å². The molecule has 5 atom stereocenters. The fraction of sp³-hybridized carbons (Fsp3) is 1.00. The van der Waals surface area contributed by atoms with Crippen molar-refractivity contribution in [2.75, 3.05) is 6.61 Å². The second-order valence-corrected chi connectivity index (χ2v) is 3.14. The molecule has 1 saturated heterocycles. The Hall–Kier alpha value is -0.200. The molecule has 4 N–H and O–H groups in total. The highest BCUT2D eigenvalue weighted by molar-refractivity contribution is 4.94. The van der Waals surface area contributed by atoms with Crippen molar-refractivity contribution in [3.63, 3.8) is 0 Å². The predicted molar refractivity (Wildman–Crippen MR) is 43.8 cm³/mol. The Kier molecular flexibility index (Phi) is 2.80. The number of aliphatic hydroxyl groups excluding tert-OH is 3. The van der Waals surface area contributed by atoms with Gasteiger partial charge in [0.2, 0.25) is 0 Å². The van der Waals surface area contributed by atoms with Crippen LogP contribution in [0.25, 0.3) is 0 Å². The smallest absolute Gasteiger partial charge is 0.195 e. The highest BCUT2D eigenvalue weighted by Gasteiger charge is 2.52. The first-order valence-corrected chi connectivity index (χ1v) is 4.26. The Labute approximate surface area is 78.0 Å². The lowest BCUT2D eigenvalue weighted by atomic mass is 10.0. The lowest BCUT2D eigenvalue weighted by molar-refractivity contribution is -0.234. The lowest BCUT2D eigenvalue weighted by Crippen LogP contribution is -2.42. The van der Waals surface area contributed by atoms with Crippen LogP contribution >= 0.6 is 0 Å². The first-order chi connectivity index (χ1) is 6.47. The second-order valence-electron chi connectivity index (χ2n) is 3.14. The molecule has 0 aromatic carbocycles. The van der Waals surface area contributed by atoms with Crippen molar-refractivity contribution in [1.29, 1.82) is 0 Å². The van der Waals surface area contributed by atoms with Crippen molar-refractivity contribution in [1.82, 2.24) is 0 Å². The minimum absolute atomic E-state index is 0.276. The summed E-state index contributed by atoms with van der Waals surface area (Å²) >= 11 is 0. The van der Waals surface area contributed by atoms with Gasteiger partial charge < -0.3 is 25.2 Å². The van der Waals surface area contributed by atoms with Crippen LogP contribution in [0.3, 0.4) is 0 Å². The zero-order valence-corrected chi connectivity index (χ0v) is 7.42. The molecule has 1 fully saturated rings. The molecular formula is C8H16O5. The first-order valence-electron chi connectivity index (χ1n) is 4.84. The summed E-state index contributed by atoms with van der Waals surface area (Å²) in [5.41, 5.74) is 0. The summed E-state index contributed by atoms with van der Waals surface area (Å²) in [6, 6.07) is 0. The topological polar surface area (TPSA) is 90.2 Å². The van der Waals surface area contributed by atoms with E-state index in [1.54, 1.807) is 6.92 Å². The van der Waals surface area contributed by atoms with Gasteiger partial charge in [-0.05, 0) is 0 Å². The average molecular weight is 193 g/mol. The highest BCUT2D eigenvalue weighted by atomic mass is 16.7. The summed E-state index contributed by atoms with van der Waals surface area (Å²) < 4.78 is 12.4. The number of hydrogen-bond donors (Lipinski definition) is 4. The molecule has 0 bridgehead atoms. The number of hydrogen-bond acceptors (Lipinski definition) is 5. The Balaban J connectivity index is 2.81. The van der Waals surface area contributed by atoms with Crippen LogP contribution in [0.15, 0.2) is 0 Å². The zero-order chi connectivity index (χ0) is 10.9. The van der Waals surface area contributed by atoms with Gasteiger partial charge in [-0.3, -0.25) is 0 Å². The van der Waals surface area contributed by atoms with Gasteiger partial charge in [-0.2, -0.15) is 0 Å². The van der Waals surface area contributed by atoms with Crippen LogP contribution in [0.5, 0.6) is 0 Å². The van der Waals surface area contributed by atoms with Gasteiger partial charge in [0.25, 0.3) is 0 Å². The van der Waals surface area contributed by atoms with Crippen LogP contribution in [0.4, 0.5) is 0 Å². The van der Waals surface area contributed by atoms with Gasteiger partial charge in [-0.25, -0.2) is 0 Å². The molecular weight excluding hydrogens is 176 g/mol. The van der Waals surface area contributed by atoms with Crippen molar-refractivity contribution in [3.05, 3.63) is 0 Å². The quantitative estimate of drug-likeness (QED) is 0.442. The van der Waals surface area contributed by atoms with Crippen LogP contribution in [0.1, 0.15) is 21.1 Å². The SMILES string of the molecule is [2H]C(CC)C1(O)O[C@H](CO)[C@H](O)[C@H]1O. The maximum absolute atomic E-state index is 9.77. The van der Waals surface area contributed by atoms with Crippen molar-refractivity contribution >= 4 is 0 Å². The standard InChI is InChI=1S/C8H16O5/c1-2-3-8(12)7(11)6(10)5(4-9)13-8/h5-7,9-12H,2-4H2,1H3/t5-,6+,7-,8?/m1/s1/i3D/t3?,5-,6+,7-,8?. The van der Waals surface area contributed by atoms with Crippen LogP contribution in [0.2, 0.25) is 0 Å². The average Bonchev–Trinajstić information content (AvgIpc) is 2.42. The third-order valence-electron chi connectivity index (χ3n) is 2.14. The van der Waals surface area contributed by atoms with Gasteiger partial charge in [-0.1, -0.05) is 13.3 Å². The maximum Gasteiger partial charge on any atom is 0.195 e. The first kappa shape index (κ1) is 9.36. The van der Waals surface area contributed by atoms with Crippen molar-refractivity contribution < 1.29 is 26.5 Å². The van der Waals surface area contributed by atoms with Gasteiger partial charge in [0.15, 0.2) is 5.79 Å². The minimum atomic E-state index is -2.08. The van der Waals surface area contributed by atoms with E-state index in [9.17, 15) is 15.3 Å². The normalized spacial score (nSPS) is 49.0. The summed E-state index contributed by atoms with van der Waals surface area (Å²) in [5.74, 6) is -2.08. The van der Waals surface area contributed by atoms with E-state index < -0.39 is 37.1 Å². The third kappa shape index (κ3) is 1.84. The lowest BCUT2D eigenvalue weighted by Gasteiger charge is -2.25. The van der Waals surface area contributed by atoms with E-state index in [-0.39, 0.29) is 6.42 Å². The van der Waals surface area contributed by atoms with Gasteiger partial charge in [0, 0.05) is 7.77 Å². The molecule has 1 aliphatic rings. The van der Waals surface area contributed by atoms with E-state index in [4.69, 9.17) is 11.2 Å². The van der Waals surface area contributed by atoms with Crippen LogP contribution in [-0.4, -0.2) is 51.1 Å². The summed E-state index contributed by atoms with van der Waals surface area (Å²) in [6.45, 7) is 1.15. The molecule has 5 nitrogen and oxygen atoms in total. The molecule has 2 unspecified atom stereocenters. The zero-order valence-electron chi connectivity index (χ0n) is 8.42. The van der Waals surface area contributed by atoms with Gasteiger partial charge in [-0.15, -0.1) is 0 Å². The fourth-order valence-corrected chi connectivity index (χ4v) is 1.44. The van der Waals surface area contributed by atoms with E-state index in [1.807, 2.05) is 0 Å². The predicted octanol–water partition coefficient (Wildman–Crippen LogP) is -1.41. The molecule has 0 aromatic heterocycles. The molecule has 1 heterocycles. The number of ether oxygens (including phenoxy) is 1. The van der Waals surface area contributed by atoms with Crippen LogP contribution in [0, 0.1) is 0 Å². The highest BCUT2D eigenvalue weighted by Crippen LogP contribution is 2.32. The molecule has 0 aromatic rings. The van der Waals surface area contributed by atoms with Gasteiger partial charge in [0.05, 0.1) is 6.61 Å². The van der Waals surface area contributed by atoms with Crippen molar-refractivity contribution in [3.8, 4) is 0 Å². The molecule has 13 heavy (non-hydrogen) atoms. The van der Waals surface area contributed by atoms with Crippen LogP contribution in [-0.2, 0) is 4.74 Å². The van der Waals surface area contributed by atoms with Crippen molar-refractivity contribution in [2.24, 2.45) is 0 Å². The largest absolute Gasteiger partial charge is 0.394 e. The molecule has 1 rings (SSSR count). The van der Waals surface area contributed by atoms with E-state index in [0.717, 1.165) is 0 Å². The van der Waals surface area contributed by atoms with E-state index in [2.05, 4.69) is 0 Å². The monoisotopic (exact) mass is 193 g/mol. The molecule has 1 aliphatic heterocycles. The molecule has 0 radical (unpaired) electrons. The Bertz CT molecular complexity index is 200. The van der Waals surface area contributed by atoms with E-state index >= 15 is 0 Å². The Morgan fingerprint density at radius 1 is 1.54 bits per heavy atom. The number of rotatable bonds is 3. The molecule has 5 heteroatoms. The molecule has 0 spiro atoms. The van der Waals surface area contributed by atoms with E-state index in [0.29, 0.717) is 0 Å².